The minimum Gasteiger partial charge on any atom is -0.497 e. The number of nitrogens with zero attached hydrogens (tertiary/aromatic N) is 3. The highest BCUT2D eigenvalue weighted by Crippen LogP contribution is 2.39. The Bertz CT molecular complexity index is 1070. The lowest BCUT2D eigenvalue weighted by Crippen LogP contribution is -2.42. The van der Waals surface area contributed by atoms with E-state index in [1.807, 2.05) is 36.4 Å². The van der Waals surface area contributed by atoms with Crippen molar-refractivity contribution in [3.63, 3.8) is 0 Å². The van der Waals surface area contributed by atoms with Gasteiger partial charge >= 0.3 is 0 Å². The highest BCUT2D eigenvalue weighted by Gasteiger charge is 2.36. The van der Waals surface area contributed by atoms with Crippen LogP contribution in [-0.2, 0) is 14.3 Å². The Labute approximate surface area is 206 Å². The van der Waals surface area contributed by atoms with Crippen LogP contribution in [0.5, 0.6) is 17.2 Å². The zero-order valence-corrected chi connectivity index (χ0v) is 20.9. The number of carbonyl (C=O) groups is 2. The van der Waals surface area contributed by atoms with Crippen molar-refractivity contribution in [3.05, 3.63) is 53.6 Å². The summed E-state index contributed by atoms with van der Waals surface area (Å²) < 4.78 is 21.5. The molecule has 0 unspecified atom stereocenters. The van der Waals surface area contributed by atoms with Gasteiger partial charge in [0.2, 0.25) is 5.91 Å². The smallest absolute Gasteiger partial charge is 0.262 e. The summed E-state index contributed by atoms with van der Waals surface area (Å²) >= 11 is 0. The lowest BCUT2D eigenvalue weighted by Gasteiger charge is -2.27. The summed E-state index contributed by atoms with van der Waals surface area (Å²) in [4.78, 5) is 27.5. The Morgan fingerprint density at radius 1 is 1.03 bits per heavy atom. The first-order chi connectivity index (χ1) is 16.9. The van der Waals surface area contributed by atoms with Gasteiger partial charge in [0.25, 0.3) is 5.91 Å². The van der Waals surface area contributed by atoms with Crippen molar-refractivity contribution in [2.75, 3.05) is 48.1 Å². The second-order valence-corrected chi connectivity index (χ2v) is 8.01. The van der Waals surface area contributed by atoms with Crippen LogP contribution in [0.25, 0.3) is 0 Å². The molecular formula is C26H33N3O6. The number of methoxy groups -OCH3 is 4. The quantitative estimate of drug-likeness (QED) is 0.487. The fourth-order valence-electron chi connectivity index (χ4n) is 4.01. The van der Waals surface area contributed by atoms with Gasteiger partial charge in [-0.05, 0) is 30.3 Å². The number of carbonyl (C=O) groups excluding carboxylic acids is 2. The third kappa shape index (κ3) is 6.10. The molecule has 2 aromatic rings. The Kier molecular flexibility index (Phi) is 9.08. The summed E-state index contributed by atoms with van der Waals surface area (Å²) in [6.07, 6.45) is 0.755. The molecule has 1 heterocycles. The SMILES string of the molecule is CCC(=O)N(CCOC)CC(=O)N1N=C(c2cccc(OC)c2)C[C@H]1c1cc(OC)ccc1OC. The molecule has 1 aliphatic rings. The monoisotopic (exact) mass is 483 g/mol. The Balaban J connectivity index is 2.00. The van der Waals surface area contributed by atoms with Gasteiger partial charge in [-0.2, -0.15) is 5.10 Å². The maximum atomic E-state index is 13.6. The molecule has 0 bridgehead atoms. The van der Waals surface area contributed by atoms with Crippen LogP contribution in [-0.4, -0.2) is 75.6 Å². The summed E-state index contributed by atoms with van der Waals surface area (Å²) in [6, 6.07) is 12.6. The van der Waals surface area contributed by atoms with Crippen LogP contribution in [0.2, 0.25) is 0 Å². The number of hydrogen-bond acceptors (Lipinski definition) is 7. The standard InChI is InChI=1S/C26H33N3O6/c1-6-25(30)28(12-13-32-2)17-26(31)29-23(21-15-20(34-4)10-11-24(21)35-5)16-22(27-29)18-8-7-9-19(14-18)33-3/h7-11,14-15,23H,6,12-13,16-17H2,1-5H3/t23-/m0/s1. The molecular weight excluding hydrogens is 450 g/mol. The van der Waals surface area contributed by atoms with Crippen LogP contribution < -0.4 is 14.2 Å². The van der Waals surface area contributed by atoms with Crippen molar-refractivity contribution < 1.29 is 28.5 Å². The third-order valence-electron chi connectivity index (χ3n) is 5.91. The van der Waals surface area contributed by atoms with E-state index >= 15 is 0 Å². The highest BCUT2D eigenvalue weighted by molar-refractivity contribution is 6.03. The first kappa shape index (κ1) is 26.0. The van der Waals surface area contributed by atoms with Gasteiger partial charge in [-0.25, -0.2) is 5.01 Å². The minimum absolute atomic E-state index is 0.103. The zero-order valence-electron chi connectivity index (χ0n) is 20.9. The molecule has 1 aliphatic heterocycles. The number of hydrazone groups is 1. The molecule has 0 saturated heterocycles. The summed E-state index contributed by atoms with van der Waals surface area (Å²) in [5.74, 6) is 1.55. The molecule has 35 heavy (non-hydrogen) atoms. The lowest BCUT2D eigenvalue weighted by atomic mass is 9.97. The summed E-state index contributed by atoms with van der Waals surface area (Å²) in [7, 11) is 6.34. The molecule has 9 nitrogen and oxygen atoms in total. The molecule has 0 aliphatic carbocycles. The minimum atomic E-state index is -0.435. The predicted octanol–water partition coefficient (Wildman–Crippen LogP) is 3.28. The average Bonchev–Trinajstić information content (AvgIpc) is 3.35. The third-order valence-corrected chi connectivity index (χ3v) is 5.91. The van der Waals surface area contributed by atoms with E-state index in [1.165, 1.54) is 9.91 Å². The van der Waals surface area contributed by atoms with Gasteiger partial charge in [-0.3, -0.25) is 9.59 Å². The first-order valence-electron chi connectivity index (χ1n) is 11.5. The number of ether oxygens (including phenoxy) is 4. The van der Waals surface area contributed by atoms with Crippen LogP contribution in [0.1, 0.15) is 36.9 Å². The van der Waals surface area contributed by atoms with E-state index in [-0.39, 0.29) is 18.4 Å². The largest absolute Gasteiger partial charge is 0.497 e. The predicted molar refractivity (Wildman–Crippen MR) is 132 cm³/mol. The Hall–Kier alpha value is -3.59. The summed E-state index contributed by atoms with van der Waals surface area (Å²) in [6.45, 7) is 2.33. The second-order valence-electron chi connectivity index (χ2n) is 8.01. The van der Waals surface area contributed by atoms with E-state index in [0.29, 0.717) is 43.2 Å². The van der Waals surface area contributed by atoms with Crippen LogP contribution in [0, 0.1) is 0 Å². The fraction of sp³-hybridized carbons (Fsp3) is 0.423. The molecule has 1 atom stereocenters. The molecule has 9 heteroatoms. The molecule has 2 amide bonds. The number of benzene rings is 2. The van der Waals surface area contributed by atoms with Crippen molar-refractivity contribution in [2.45, 2.75) is 25.8 Å². The molecule has 0 radical (unpaired) electrons. The summed E-state index contributed by atoms with van der Waals surface area (Å²) in [5, 5.41) is 6.17. The van der Waals surface area contributed by atoms with Gasteiger partial charge < -0.3 is 23.8 Å². The van der Waals surface area contributed by atoms with Crippen molar-refractivity contribution in [1.82, 2.24) is 9.91 Å². The van der Waals surface area contributed by atoms with E-state index in [0.717, 1.165) is 16.8 Å². The van der Waals surface area contributed by atoms with Gasteiger partial charge in [-0.15, -0.1) is 0 Å². The molecule has 0 N–H and O–H groups in total. The topological polar surface area (TPSA) is 89.9 Å². The molecule has 3 rings (SSSR count). The average molecular weight is 484 g/mol. The molecule has 0 fully saturated rings. The van der Waals surface area contributed by atoms with Gasteiger partial charge in [0.1, 0.15) is 23.8 Å². The van der Waals surface area contributed by atoms with Crippen LogP contribution >= 0.6 is 0 Å². The van der Waals surface area contributed by atoms with Gasteiger partial charge in [0.15, 0.2) is 0 Å². The van der Waals surface area contributed by atoms with E-state index in [9.17, 15) is 9.59 Å². The van der Waals surface area contributed by atoms with Gasteiger partial charge in [0.05, 0.1) is 39.7 Å². The maximum absolute atomic E-state index is 13.6. The van der Waals surface area contributed by atoms with Crippen molar-refractivity contribution in [2.24, 2.45) is 5.10 Å². The van der Waals surface area contributed by atoms with Gasteiger partial charge in [0, 0.05) is 37.6 Å². The summed E-state index contributed by atoms with van der Waals surface area (Å²) in [5.41, 5.74) is 2.36. The van der Waals surface area contributed by atoms with Gasteiger partial charge in [-0.1, -0.05) is 19.1 Å². The highest BCUT2D eigenvalue weighted by atomic mass is 16.5. The van der Waals surface area contributed by atoms with Crippen LogP contribution in [0.15, 0.2) is 47.6 Å². The molecule has 0 aromatic heterocycles. The zero-order chi connectivity index (χ0) is 25.4. The number of rotatable bonds is 11. The molecule has 0 spiro atoms. The van der Waals surface area contributed by atoms with E-state index in [4.69, 9.17) is 24.0 Å². The van der Waals surface area contributed by atoms with Crippen molar-refractivity contribution in [3.8, 4) is 17.2 Å². The fourth-order valence-corrected chi connectivity index (χ4v) is 4.01. The lowest BCUT2D eigenvalue weighted by molar-refractivity contribution is -0.142. The Morgan fingerprint density at radius 3 is 2.43 bits per heavy atom. The van der Waals surface area contributed by atoms with Crippen LogP contribution in [0.4, 0.5) is 0 Å². The normalized spacial score (nSPS) is 14.9. The number of amides is 2. The van der Waals surface area contributed by atoms with Crippen molar-refractivity contribution in [1.29, 1.82) is 0 Å². The molecule has 188 valence electrons. The van der Waals surface area contributed by atoms with E-state index in [1.54, 1.807) is 41.4 Å². The maximum Gasteiger partial charge on any atom is 0.262 e. The first-order valence-corrected chi connectivity index (χ1v) is 11.5. The second kappa shape index (κ2) is 12.2. The molecule has 2 aromatic carbocycles. The van der Waals surface area contributed by atoms with E-state index < -0.39 is 6.04 Å². The van der Waals surface area contributed by atoms with Crippen LogP contribution in [0.3, 0.4) is 0 Å². The Morgan fingerprint density at radius 2 is 1.77 bits per heavy atom. The van der Waals surface area contributed by atoms with E-state index in [2.05, 4.69) is 0 Å². The number of hydrogen-bond donors (Lipinski definition) is 0. The molecule has 0 saturated carbocycles. The van der Waals surface area contributed by atoms with Crippen molar-refractivity contribution >= 4 is 17.5 Å².